The third-order valence-electron chi connectivity index (χ3n) is 4.18. The number of halogens is 1. The van der Waals surface area contributed by atoms with Crippen molar-refractivity contribution < 1.29 is 19.1 Å². The summed E-state index contributed by atoms with van der Waals surface area (Å²) >= 11 is 7.04. The van der Waals surface area contributed by atoms with E-state index in [9.17, 15) is 14.4 Å². The summed E-state index contributed by atoms with van der Waals surface area (Å²) in [5.74, 6) is -1.44. The summed E-state index contributed by atoms with van der Waals surface area (Å²) in [5.41, 5.74) is 1.69. The van der Waals surface area contributed by atoms with Gasteiger partial charge in [-0.25, -0.2) is 4.79 Å². The van der Waals surface area contributed by atoms with Crippen molar-refractivity contribution in [3.63, 3.8) is 0 Å². The van der Waals surface area contributed by atoms with Gasteiger partial charge in [0.15, 0.2) is 6.61 Å². The van der Waals surface area contributed by atoms with Gasteiger partial charge < -0.3 is 15.4 Å². The first-order valence-electron chi connectivity index (χ1n) is 9.69. The lowest BCUT2D eigenvalue weighted by molar-refractivity contribution is -0.119. The fourth-order valence-corrected chi connectivity index (χ4v) is 3.77. The molecule has 166 valence electrons. The average Bonchev–Trinajstić information content (AvgIpc) is 2.81. The number of rotatable bonds is 8. The monoisotopic (exact) mass is 479 g/mol. The number of nitrogens with one attached hydrogen (secondary N) is 2. The number of benzene rings is 3. The summed E-state index contributed by atoms with van der Waals surface area (Å²) in [6, 6.07) is 21.8. The highest BCUT2D eigenvalue weighted by Gasteiger charge is 2.16. The zero-order chi connectivity index (χ0) is 23.6. The Kier molecular flexibility index (Phi) is 8.47. The average molecular weight is 480 g/mol. The number of nitriles is 1. The lowest BCUT2D eigenvalue weighted by Crippen LogP contribution is -2.21. The van der Waals surface area contributed by atoms with Crippen molar-refractivity contribution in [2.24, 2.45) is 0 Å². The van der Waals surface area contributed by atoms with E-state index in [2.05, 4.69) is 10.6 Å². The molecule has 7 nitrogen and oxygen atoms in total. The van der Waals surface area contributed by atoms with E-state index in [1.807, 2.05) is 6.07 Å². The Morgan fingerprint density at radius 2 is 1.61 bits per heavy atom. The van der Waals surface area contributed by atoms with Crippen LogP contribution in [0.15, 0.2) is 77.7 Å². The van der Waals surface area contributed by atoms with E-state index < -0.39 is 18.5 Å². The third-order valence-corrected chi connectivity index (χ3v) is 5.49. The molecular weight excluding hydrogens is 462 g/mol. The van der Waals surface area contributed by atoms with Crippen molar-refractivity contribution in [3.8, 4) is 6.07 Å². The number of hydrogen-bond acceptors (Lipinski definition) is 6. The zero-order valence-corrected chi connectivity index (χ0v) is 18.8. The summed E-state index contributed by atoms with van der Waals surface area (Å²) < 4.78 is 5.13. The van der Waals surface area contributed by atoms with Crippen LogP contribution in [0.1, 0.15) is 15.9 Å². The van der Waals surface area contributed by atoms with E-state index in [-0.39, 0.29) is 17.2 Å². The summed E-state index contributed by atoms with van der Waals surface area (Å²) in [6.45, 7) is -0.472. The quantitative estimate of drug-likeness (QED) is 0.357. The molecule has 0 aliphatic rings. The van der Waals surface area contributed by atoms with Gasteiger partial charge in [-0.05, 0) is 48.5 Å². The molecule has 0 saturated heterocycles. The van der Waals surface area contributed by atoms with Crippen LogP contribution in [-0.4, -0.2) is 30.1 Å². The van der Waals surface area contributed by atoms with Gasteiger partial charge in [0.25, 0.3) is 5.91 Å². The van der Waals surface area contributed by atoms with Crippen LogP contribution in [-0.2, 0) is 14.3 Å². The lowest BCUT2D eigenvalue weighted by atomic mass is 10.2. The van der Waals surface area contributed by atoms with Crippen molar-refractivity contribution in [2.75, 3.05) is 23.0 Å². The summed E-state index contributed by atoms with van der Waals surface area (Å²) in [4.78, 5) is 37.4. The second kappa shape index (κ2) is 11.7. The number of anilines is 2. The minimum absolute atomic E-state index is 0.0380. The SMILES string of the molecule is N#Cc1cccc(NC(=O)CSc2ccccc2C(=O)OCC(=O)Nc2cccc(Cl)c2)c1. The van der Waals surface area contributed by atoms with E-state index in [1.54, 1.807) is 72.8 Å². The van der Waals surface area contributed by atoms with Gasteiger partial charge >= 0.3 is 5.97 Å². The Morgan fingerprint density at radius 1 is 0.909 bits per heavy atom. The van der Waals surface area contributed by atoms with Gasteiger partial charge in [-0.15, -0.1) is 11.8 Å². The lowest BCUT2D eigenvalue weighted by Gasteiger charge is -2.10. The Hall–Kier alpha value is -3.80. The van der Waals surface area contributed by atoms with Crippen LogP contribution in [0, 0.1) is 11.3 Å². The maximum Gasteiger partial charge on any atom is 0.339 e. The van der Waals surface area contributed by atoms with E-state index in [0.717, 1.165) is 11.8 Å². The first-order chi connectivity index (χ1) is 15.9. The van der Waals surface area contributed by atoms with Crippen molar-refractivity contribution >= 4 is 52.5 Å². The van der Waals surface area contributed by atoms with Gasteiger partial charge in [-0.3, -0.25) is 9.59 Å². The summed E-state index contributed by atoms with van der Waals surface area (Å²) in [5, 5.41) is 14.7. The predicted octanol–water partition coefficient (Wildman–Crippen LogP) is 4.74. The van der Waals surface area contributed by atoms with Crippen LogP contribution in [0.2, 0.25) is 5.02 Å². The van der Waals surface area contributed by atoms with Crippen LogP contribution in [0.25, 0.3) is 0 Å². The molecule has 0 spiro atoms. The molecule has 3 aromatic carbocycles. The van der Waals surface area contributed by atoms with E-state index in [4.69, 9.17) is 21.6 Å². The maximum atomic E-state index is 12.5. The van der Waals surface area contributed by atoms with Gasteiger partial charge in [-0.1, -0.05) is 35.9 Å². The molecule has 0 heterocycles. The highest BCUT2D eigenvalue weighted by Crippen LogP contribution is 2.24. The van der Waals surface area contributed by atoms with Gasteiger partial charge in [0.2, 0.25) is 5.91 Å². The second-order valence-corrected chi connectivity index (χ2v) is 8.11. The molecule has 0 atom stereocenters. The number of thioether (sulfide) groups is 1. The van der Waals surface area contributed by atoms with Crippen molar-refractivity contribution in [2.45, 2.75) is 4.90 Å². The molecule has 0 aliphatic heterocycles. The molecule has 0 fully saturated rings. The summed E-state index contributed by atoms with van der Waals surface area (Å²) in [7, 11) is 0. The van der Waals surface area contributed by atoms with Crippen LogP contribution in [0.3, 0.4) is 0 Å². The van der Waals surface area contributed by atoms with E-state index in [0.29, 0.717) is 26.9 Å². The van der Waals surface area contributed by atoms with E-state index in [1.165, 1.54) is 0 Å². The van der Waals surface area contributed by atoms with Gasteiger partial charge in [-0.2, -0.15) is 5.26 Å². The fraction of sp³-hybridized carbons (Fsp3) is 0.0833. The minimum atomic E-state index is -0.679. The third kappa shape index (κ3) is 7.38. The number of carbonyl (C=O) groups excluding carboxylic acids is 3. The molecule has 0 radical (unpaired) electrons. The Balaban J connectivity index is 1.54. The Bertz CT molecular complexity index is 1230. The molecule has 33 heavy (non-hydrogen) atoms. The first kappa shape index (κ1) is 23.9. The molecule has 0 bridgehead atoms. The highest BCUT2D eigenvalue weighted by molar-refractivity contribution is 8.00. The summed E-state index contributed by atoms with van der Waals surface area (Å²) in [6.07, 6.45) is 0. The highest BCUT2D eigenvalue weighted by atomic mass is 35.5. The van der Waals surface area contributed by atoms with Crippen molar-refractivity contribution in [3.05, 3.63) is 88.9 Å². The van der Waals surface area contributed by atoms with Crippen LogP contribution >= 0.6 is 23.4 Å². The number of hydrogen-bond donors (Lipinski definition) is 2. The fourth-order valence-electron chi connectivity index (χ4n) is 2.74. The Morgan fingerprint density at radius 3 is 2.36 bits per heavy atom. The molecule has 3 rings (SSSR count). The Labute approximate surface area is 199 Å². The molecule has 3 aromatic rings. The number of nitrogens with zero attached hydrogens (tertiary/aromatic N) is 1. The van der Waals surface area contributed by atoms with Crippen LogP contribution < -0.4 is 10.6 Å². The standard InChI is InChI=1S/C24H18ClN3O4S/c25-17-6-4-8-19(12-17)27-22(29)14-32-24(31)20-9-1-2-10-21(20)33-15-23(30)28-18-7-3-5-16(11-18)13-26/h1-12H,14-15H2,(H,27,29)(H,28,30). The minimum Gasteiger partial charge on any atom is -0.452 e. The molecule has 2 amide bonds. The van der Waals surface area contributed by atoms with Gasteiger partial charge in [0, 0.05) is 21.3 Å². The van der Waals surface area contributed by atoms with Gasteiger partial charge in [0.1, 0.15) is 0 Å². The van der Waals surface area contributed by atoms with Crippen LogP contribution in [0.5, 0.6) is 0 Å². The number of carbonyl (C=O) groups is 3. The zero-order valence-electron chi connectivity index (χ0n) is 17.2. The number of amides is 2. The van der Waals surface area contributed by atoms with Crippen LogP contribution in [0.4, 0.5) is 11.4 Å². The first-order valence-corrected chi connectivity index (χ1v) is 11.1. The molecule has 0 aliphatic carbocycles. The molecule has 0 saturated carbocycles. The molecule has 2 N–H and O–H groups in total. The largest absolute Gasteiger partial charge is 0.452 e. The normalized spacial score (nSPS) is 10.1. The predicted molar refractivity (Wildman–Crippen MR) is 127 cm³/mol. The van der Waals surface area contributed by atoms with Crippen molar-refractivity contribution in [1.29, 1.82) is 5.26 Å². The number of ether oxygens (including phenoxy) is 1. The molecule has 0 unspecified atom stereocenters. The second-order valence-electron chi connectivity index (χ2n) is 6.66. The topological polar surface area (TPSA) is 108 Å². The van der Waals surface area contributed by atoms with Crippen molar-refractivity contribution in [1.82, 2.24) is 0 Å². The number of esters is 1. The molecule has 9 heteroatoms. The smallest absolute Gasteiger partial charge is 0.339 e. The molecular formula is C24H18ClN3O4S. The maximum absolute atomic E-state index is 12.5. The van der Waals surface area contributed by atoms with Gasteiger partial charge in [0.05, 0.1) is 22.9 Å². The molecule has 0 aromatic heterocycles. The van der Waals surface area contributed by atoms with E-state index >= 15 is 0 Å².